The minimum absolute atomic E-state index is 0.256. The molecule has 0 aliphatic rings. The summed E-state index contributed by atoms with van der Waals surface area (Å²) in [5, 5.41) is 3.65. The molecule has 0 unspecified atom stereocenters. The summed E-state index contributed by atoms with van der Waals surface area (Å²) in [5.41, 5.74) is 0.715. The van der Waals surface area contributed by atoms with E-state index in [4.69, 9.17) is 0 Å². The van der Waals surface area contributed by atoms with Gasteiger partial charge in [0.25, 0.3) is 0 Å². The van der Waals surface area contributed by atoms with Crippen molar-refractivity contribution < 1.29 is 4.39 Å². The van der Waals surface area contributed by atoms with Crippen LogP contribution in [0.5, 0.6) is 0 Å². The molecule has 4 nitrogen and oxygen atoms in total. The Balaban J connectivity index is 2.09. The van der Waals surface area contributed by atoms with E-state index >= 15 is 0 Å². The lowest BCUT2D eigenvalue weighted by molar-refractivity contribution is 0.602. The molecular weight excluding hydrogens is 263 g/mol. The predicted molar refractivity (Wildman–Crippen MR) is 73.1 cm³/mol. The van der Waals surface area contributed by atoms with Gasteiger partial charge in [-0.05, 0) is 12.1 Å². The SMILES string of the molecule is CNc1cn2ccnc2c(Sc2ccccc2F)n1. The van der Waals surface area contributed by atoms with Crippen LogP contribution in [0.3, 0.4) is 0 Å². The van der Waals surface area contributed by atoms with Crippen molar-refractivity contribution in [1.29, 1.82) is 0 Å². The van der Waals surface area contributed by atoms with Crippen LogP contribution >= 0.6 is 11.8 Å². The standard InChI is InChI=1S/C13H11FN4S/c1-15-11-8-18-7-6-16-12(18)13(17-11)19-10-5-3-2-4-9(10)14/h2-8,15H,1H3. The zero-order chi connectivity index (χ0) is 13.2. The number of rotatable bonds is 3. The lowest BCUT2D eigenvalue weighted by atomic mass is 10.3. The van der Waals surface area contributed by atoms with Gasteiger partial charge < -0.3 is 9.72 Å². The normalized spacial score (nSPS) is 10.8. The fourth-order valence-corrected chi connectivity index (χ4v) is 2.64. The Kier molecular flexibility index (Phi) is 3.08. The van der Waals surface area contributed by atoms with Gasteiger partial charge in [0, 0.05) is 24.3 Å². The summed E-state index contributed by atoms with van der Waals surface area (Å²) in [5.74, 6) is 0.457. The van der Waals surface area contributed by atoms with Crippen molar-refractivity contribution in [3.8, 4) is 0 Å². The summed E-state index contributed by atoms with van der Waals surface area (Å²) in [6.07, 6.45) is 5.37. The highest BCUT2D eigenvalue weighted by molar-refractivity contribution is 7.99. The lowest BCUT2D eigenvalue weighted by Gasteiger charge is -2.07. The number of hydrogen-bond acceptors (Lipinski definition) is 4. The molecule has 3 aromatic rings. The van der Waals surface area contributed by atoms with Gasteiger partial charge in [-0.15, -0.1) is 0 Å². The van der Waals surface area contributed by atoms with Crippen molar-refractivity contribution in [3.63, 3.8) is 0 Å². The van der Waals surface area contributed by atoms with Gasteiger partial charge >= 0.3 is 0 Å². The summed E-state index contributed by atoms with van der Waals surface area (Å²) in [7, 11) is 1.79. The third kappa shape index (κ3) is 2.26. The maximum Gasteiger partial charge on any atom is 0.170 e. The molecule has 0 saturated heterocycles. The number of imidazole rings is 1. The topological polar surface area (TPSA) is 42.2 Å². The van der Waals surface area contributed by atoms with Gasteiger partial charge in [0.15, 0.2) is 5.65 Å². The largest absolute Gasteiger partial charge is 0.372 e. The van der Waals surface area contributed by atoms with E-state index in [1.165, 1.54) is 17.8 Å². The van der Waals surface area contributed by atoms with Crippen LogP contribution < -0.4 is 5.32 Å². The van der Waals surface area contributed by atoms with Crippen molar-refractivity contribution in [2.75, 3.05) is 12.4 Å². The molecule has 0 spiro atoms. The van der Waals surface area contributed by atoms with E-state index in [0.29, 0.717) is 21.4 Å². The maximum atomic E-state index is 13.7. The zero-order valence-electron chi connectivity index (χ0n) is 10.2. The Hall–Kier alpha value is -2.08. The molecule has 96 valence electrons. The maximum absolute atomic E-state index is 13.7. The van der Waals surface area contributed by atoms with Crippen molar-refractivity contribution in [2.24, 2.45) is 0 Å². The fourth-order valence-electron chi connectivity index (χ4n) is 1.72. The van der Waals surface area contributed by atoms with Crippen LogP contribution in [-0.4, -0.2) is 21.4 Å². The molecule has 0 aliphatic heterocycles. The number of fused-ring (bicyclic) bond motifs is 1. The van der Waals surface area contributed by atoms with Crippen molar-refractivity contribution in [3.05, 3.63) is 48.7 Å². The second-order valence-electron chi connectivity index (χ2n) is 3.87. The molecule has 0 saturated carbocycles. The first-order chi connectivity index (χ1) is 9.28. The molecular formula is C13H11FN4S. The number of nitrogens with one attached hydrogen (secondary N) is 1. The highest BCUT2D eigenvalue weighted by Gasteiger charge is 2.11. The highest BCUT2D eigenvalue weighted by atomic mass is 32.2. The molecule has 0 bridgehead atoms. The highest BCUT2D eigenvalue weighted by Crippen LogP contribution is 2.31. The Bertz CT molecular complexity index is 725. The van der Waals surface area contributed by atoms with Gasteiger partial charge in [-0.25, -0.2) is 14.4 Å². The van der Waals surface area contributed by atoms with Crippen LogP contribution in [0.15, 0.2) is 52.8 Å². The molecule has 0 aliphatic carbocycles. The number of nitrogens with zero attached hydrogens (tertiary/aromatic N) is 3. The van der Waals surface area contributed by atoms with Gasteiger partial charge in [0.2, 0.25) is 0 Å². The molecule has 2 aromatic heterocycles. The molecule has 3 rings (SSSR count). The van der Waals surface area contributed by atoms with Crippen LogP contribution in [0.1, 0.15) is 0 Å². The van der Waals surface area contributed by atoms with Gasteiger partial charge in [0.05, 0.1) is 6.20 Å². The summed E-state index contributed by atoms with van der Waals surface area (Å²) in [6.45, 7) is 0. The third-order valence-electron chi connectivity index (χ3n) is 2.64. The average molecular weight is 274 g/mol. The van der Waals surface area contributed by atoms with E-state index < -0.39 is 0 Å². The molecule has 2 heterocycles. The molecule has 6 heteroatoms. The molecule has 0 radical (unpaired) electrons. The lowest BCUT2D eigenvalue weighted by Crippen LogP contribution is -1.98. The number of anilines is 1. The van der Waals surface area contributed by atoms with Gasteiger partial charge in [-0.3, -0.25) is 0 Å². The first-order valence-corrected chi connectivity index (χ1v) is 6.53. The smallest absolute Gasteiger partial charge is 0.170 e. The van der Waals surface area contributed by atoms with Gasteiger partial charge in [-0.2, -0.15) is 0 Å². The second-order valence-corrected chi connectivity index (χ2v) is 4.90. The molecule has 1 aromatic carbocycles. The third-order valence-corrected chi connectivity index (χ3v) is 3.66. The Morgan fingerprint density at radius 2 is 2.16 bits per heavy atom. The fraction of sp³-hybridized carbons (Fsp3) is 0.0769. The van der Waals surface area contributed by atoms with E-state index in [2.05, 4.69) is 15.3 Å². The minimum Gasteiger partial charge on any atom is -0.372 e. The van der Waals surface area contributed by atoms with E-state index in [9.17, 15) is 4.39 Å². The number of benzene rings is 1. The average Bonchev–Trinajstić information content (AvgIpc) is 2.89. The van der Waals surface area contributed by atoms with Gasteiger partial charge in [-0.1, -0.05) is 23.9 Å². The van der Waals surface area contributed by atoms with Crippen LogP contribution in [0.25, 0.3) is 5.65 Å². The van der Waals surface area contributed by atoms with Gasteiger partial charge in [0.1, 0.15) is 16.7 Å². The molecule has 0 amide bonds. The first kappa shape index (κ1) is 12.0. The zero-order valence-corrected chi connectivity index (χ0v) is 11.0. The first-order valence-electron chi connectivity index (χ1n) is 5.72. The van der Waals surface area contributed by atoms with Crippen LogP contribution in [-0.2, 0) is 0 Å². The molecule has 1 N–H and O–H groups in total. The van der Waals surface area contributed by atoms with E-state index in [1.807, 2.05) is 16.8 Å². The van der Waals surface area contributed by atoms with Crippen molar-refractivity contribution in [1.82, 2.24) is 14.4 Å². The van der Waals surface area contributed by atoms with Crippen molar-refractivity contribution in [2.45, 2.75) is 9.92 Å². The van der Waals surface area contributed by atoms with E-state index in [-0.39, 0.29) is 5.82 Å². The van der Waals surface area contributed by atoms with Crippen LogP contribution in [0, 0.1) is 5.82 Å². The molecule has 0 fully saturated rings. The second kappa shape index (κ2) is 4.89. The predicted octanol–water partition coefficient (Wildman–Crippen LogP) is 3.06. The van der Waals surface area contributed by atoms with E-state index in [0.717, 1.165) is 0 Å². The monoisotopic (exact) mass is 274 g/mol. The summed E-state index contributed by atoms with van der Waals surface area (Å²) in [4.78, 5) is 9.21. The number of halogens is 1. The van der Waals surface area contributed by atoms with Crippen molar-refractivity contribution >= 4 is 23.2 Å². The number of aromatic nitrogens is 3. The summed E-state index contributed by atoms with van der Waals surface area (Å²) in [6, 6.07) is 6.64. The minimum atomic E-state index is -0.256. The Labute approximate surface area is 113 Å². The van der Waals surface area contributed by atoms with Crippen LogP contribution in [0.4, 0.5) is 10.2 Å². The Morgan fingerprint density at radius 3 is 2.95 bits per heavy atom. The van der Waals surface area contributed by atoms with E-state index in [1.54, 1.807) is 31.4 Å². The van der Waals surface area contributed by atoms with Crippen LogP contribution in [0.2, 0.25) is 0 Å². The molecule has 19 heavy (non-hydrogen) atoms. The summed E-state index contributed by atoms with van der Waals surface area (Å²) < 4.78 is 15.6. The Morgan fingerprint density at radius 1 is 1.32 bits per heavy atom. The summed E-state index contributed by atoms with van der Waals surface area (Å²) >= 11 is 1.27. The quantitative estimate of drug-likeness (QED) is 0.797. The molecule has 0 atom stereocenters. The number of hydrogen-bond donors (Lipinski definition) is 1.